The molecule has 2 aromatic carbocycles. The Kier molecular flexibility index (Phi) is 6.84. The number of ether oxygens (including phenoxy) is 3. The molecule has 7 nitrogen and oxygen atoms in total. The first-order chi connectivity index (χ1) is 14.8. The van der Waals surface area contributed by atoms with Gasteiger partial charge >= 0.3 is 5.97 Å². The molecule has 0 aliphatic rings. The van der Waals surface area contributed by atoms with E-state index in [9.17, 15) is 9.90 Å². The van der Waals surface area contributed by atoms with Gasteiger partial charge in [-0.15, -0.1) is 0 Å². The fourth-order valence-electron chi connectivity index (χ4n) is 2.90. The third-order valence-corrected chi connectivity index (χ3v) is 4.58. The van der Waals surface area contributed by atoms with Crippen molar-refractivity contribution in [1.82, 2.24) is 4.98 Å². The van der Waals surface area contributed by atoms with Crippen LogP contribution in [0.15, 0.2) is 52.9 Å². The average Bonchev–Trinajstić information content (AvgIpc) is 3.10. The molecule has 0 amide bonds. The summed E-state index contributed by atoms with van der Waals surface area (Å²) in [6.45, 7) is 7.69. The second-order valence-corrected chi connectivity index (χ2v) is 7.47. The number of esters is 1. The standard InChI is InChI=1S/C24H27NO6/c1-5-28-23(27)24(3,4)31-20-12-10-19(11-13-20)29-15-14-21-16(2)30-22(25-21)17-6-8-18(26)9-7-17/h6-13,26H,5,14-15H2,1-4H3. The maximum atomic E-state index is 12.0. The van der Waals surface area contributed by atoms with Crippen molar-refractivity contribution in [3.63, 3.8) is 0 Å². The Morgan fingerprint density at radius 3 is 2.35 bits per heavy atom. The summed E-state index contributed by atoms with van der Waals surface area (Å²) >= 11 is 0. The Balaban J connectivity index is 1.54. The first-order valence-corrected chi connectivity index (χ1v) is 10.1. The lowest BCUT2D eigenvalue weighted by Gasteiger charge is -2.24. The van der Waals surface area contributed by atoms with Gasteiger partial charge in [0.15, 0.2) is 5.60 Å². The molecule has 0 atom stereocenters. The number of benzene rings is 2. The molecule has 7 heteroatoms. The minimum Gasteiger partial charge on any atom is -0.508 e. The van der Waals surface area contributed by atoms with E-state index in [-0.39, 0.29) is 5.75 Å². The molecular formula is C24H27NO6. The zero-order valence-corrected chi connectivity index (χ0v) is 18.2. The lowest BCUT2D eigenvalue weighted by molar-refractivity contribution is -0.158. The first-order valence-electron chi connectivity index (χ1n) is 10.1. The van der Waals surface area contributed by atoms with Crippen molar-refractivity contribution in [1.29, 1.82) is 0 Å². The zero-order chi connectivity index (χ0) is 22.4. The third-order valence-electron chi connectivity index (χ3n) is 4.58. The maximum absolute atomic E-state index is 12.0. The van der Waals surface area contributed by atoms with Crippen LogP contribution in [0.4, 0.5) is 0 Å². The summed E-state index contributed by atoms with van der Waals surface area (Å²) < 4.78 is 22.3. The lowest BCUT2D eigenvalue weighted by Crippen LogP contribution is -2.39. The number of aromatic nitrogens is 1. The van der Waals surface area contributed by atoms with Crippen LogP contribution in [0.1, 0.15) is 32.2 Å². The molecule has 0 spiro atoms. The molecule has 1 N–H and O–H groups in total. The molecular weight excluding hydrogens is 398 g/mol. The number of oxazole rings is 1. The van der Waals surface area contributed by atoms with Crippen molar-refractivity contribution in [2.45, 2.75) is 39.7 Å². The van der Waals surface area contributed by atoms with Gasteiger partial charge in [-0.1, -0.05) is 0 Å². The Morgan fingerprint density at radius 1 is 1.06 bits per heavy atom. The summed E-state index contributed by atoms with van der Waals surface area (Å²) in [5, 5.41) is 9.41. The van der Waals surface area contributed by atoms with E-state index in [0.29, 0.717) is 37.0 Å². The van der Waals surface area contributed by atoms with Crippen LogP contribution < -0.4 is 9.47 Å². The number of carbonyl (C=O) groups is 1. The van der Waals surface area contributed by atoms with Crippen LogP contribution in [-0.2, 0) is 16.0 Å². The number of phenolic OH excluding ortho intramolecular Hbond substituents is 1. The Hall–Kier alpha value is -3.48. The SMILES string of the molecule is CCOC(=O)C(C)(C)Oc1ccc(OCCc2nc(-c3ccc(O)cc3)oc2C)cc1. The molecule has 3 aromatic rings. The molecule has 31 heavy (non-hydrogen) atoms. The molecule has 1 heterocycles. The number of hydrogen-bond acceptors (Lipinski definition) is 7. The van der Waals surface area contributed by atoms with Crippen molar-refractivity contribution in [2.24, 2.45) is 0 Å². The highest BCUT2D eigenvalue weighted by atomic mass is 16.6. The van der Waals surface area contributed by atoms with Crippen molar-refractivity contribution in [2.75, 3.05) is 13.2 Å². The number of nitrogens with zero attached hydrogens (tertiary/aromatic N) is 1. The molecule has 3 rings (SSSR count). The van der Waals surface area contributed by atoms with Crippen LogP contribution in [0.5, 0.6) is 17.2 Å². The van der Waals surface area contributed by atoms with Crippen LogP contribution in [0.3, 0.4) is 0 Å². The second kappa shape index (κ2) is 9.55. The van der Waals surface area contributed by atoms with E-state index in [2.05, 4.69) is 4.98 Å². The summed E-state index contributed by atoms with van der Waals surface area (Å²) in [5.41, 5.74) is 0.548. The monoisotopic (exact) mass is 425 g/mol. The molecule has 0 bridgehead atoms. The van der Waals surface area contributed by atoms with Crippen LogP contribution in [0, 0.1) is 6.92 Å². The zero-order valence-electron chi connectivity index (χ0n) is 18.2. The van der Waals surface area contributed by atoms with Gasteiger partial charge in [0.1, 0.15) is 23.0 Å². The number of phenols is 1. The number of carbonyl (C=O) groups excluding carboxylic acids is 1. The summed E-state index contributed by atoms with van der Waals surface area (Å²) in [5.74, 6) is 2.26. The maximum Gasteiger partial charge on any atom is 0.349 e. The van der Waals surface area contributed by atoms with Gasteiger partial charge in [0.25, 0.3) is 0 Å². The molecule has 0 unspecified atom stereocenters. The van der Waals surface area contributed by atoms with E-state index in [4.69, 9.17) is 18.6 Å². The number of hydrogen-bond donors (Lipinski definition) is 1. The third kappa shape index (κ3) is 5.78. The Bertz CT molecular complexity index is 1010. The molecule has 0 saturated heterocycles. The molecule has 0 fully saturated rings. The van der Waals surface area contributed by atoms with E-state index in [1.165, 1.54) is 0 Å². The van der Waals surface area contributed by atoms with Crippen LogP contribution in [0.2, 0.25) is 0 Å². The molecule has 0 saturated carbocycles. The largest absolute Gasteiger partial charge is 0.508 e. The minimum absolute atomic E-state index is 0.196. The normalized spacial score (nSPS) is 11.2. The van der Waals surface area contributed by atoms with Gasteiger partial charge in [-0.3, -0.25) is 0 Å². The fraction of sp³-hybridized carbons (Fsp3) is 0.333. The van der Waals surface area contributed by atoms with Gasteiger partial charge in [-0.2, -0.15) is 0 Å². The predicted octanol–water partition coefficient (Wildman–Crippen LogP) is 4.70. The Morgan fingerprint density at radius 2 is 1.71 bits per heavy atom. The smallest absolute Gasteiger partial charge is 0.349 e. The highest BCUT2D eigenvalue weighted by Gasteiger charge is 2.31. The number of aryl methyl sites for hydroxylation is 1. The average molecular weight is 425 g/mol. The fourth-order valence-corrected chi connectivity index (χ4v) is 2.90. The van der Waals surface area contributed by atoms with E-state index < -0.39 is 11.6 Å². The van der Waals surface area contributed by atoms with E-state index in [0.717, 1.165) is 17.0 Å². The summed E-state index contributed by atoms with van der Waals surface area (Å²) in [4.78, 5) is 16.5. The van der Waals surface area contributed by atoms with Gasteiger partial charge in [-0.25, -0.2) is 9.78 Å². The Labute approximate surface area is 181 Å². The van der Waals surface area contributed by atoms with Crippen LogP contribution in [-0.4, -0.2) is 34.9 Å². The molecule has 1 aromatic heterocycles. The highest BCUT2D eigenvalue weighted by molar-refractivity contribution is 5.79. The number of aromatic hydroxyl groups is 1. The predicted molar refractivity (Wildman–Crippen MR) is 115 cm³/mol. The molecule has 164 valence electrons. The van der Waals surface area contributed by atoms with Crippen LogP contribution >= 0.6 is 0 Å². The van der Waals surface area contributed by atoms with Gasteiger partial charge in [0.05, 0.1) is 18.9 Å². The van der Waals surface area contributed by atoms with E-state index >= 15 is 0 Å². The molecule has 0 radical (unpaired) electrons. The van der Waals surface area contributed by atoms with E-state index in [1.807, 2.05) is 6.92 Å². The minimum atomic E-state index is -1.07. The van der Waals surface area contributed by atoms with Crippen LogP contribution in [0.25, 0.3) is 11.5 Å². The van der Waals surface area contributed by atoms with Gasteiger partial charge < -0.3 is 23.7 Å². The summed E-state index contributed by atoms with van der Waals surface area (Å²) in [7, 11) is 0. The van der Waals surface area contributed by atoms with E-state index in [1.54, 1.807) is 69.3 Å². The highest BCUT2D eigenvalue weighted by Crippen LogP contribution is 2.25. The van der Waals surface area contributed by atoms with Gasteiger partial charge in [0.2, 0.25) is 5.89 Å². The second-order valence-electron chi connectivity index (χ2n) is 7.47. The van der Waals surface area contributed by atoms with Crippen molar-refractivity contribution >= 4 is 5.97 Å². The number of rotatable bonds is 9. The summed E-state index contributed by atoms with van der Waals surface area (Å²) in [6.07, 6.45) is 0.585. The van der Waals surface area contributed by atoms with Gasteiger partial charge in [-0.05, 0) is 76.2 Å². The first kappa shape index (κ1) is 22.2. The van der Waals surface area contributed by atoms with Crippen molar-refractivity contribution < 1.29 is 28.5 Å². The van der Waals surface area contributed by atoms with Crippen molar-refractivity contribution in [3.05, 3.63) is 60.0 Å². The van der Waals surface area contributed by atoms with Crippen molar-refractivity contribution in [3.8, 4) is 28.7 Å². The van der Waals surface area contributed by atoms with Gasteiger partial charge in [0, 0.05) is 12.0 Å². The summed E-state index contributed by atoms with van der Waals surface area (Å²) in [6, 6.07) is 13.8. The molecule has 0 aliphatic carbocycles. The quantitative estimate of drug-likeness (QED) is 0.497. The lowest BCUT2D eigenvalue weighted by atomic mass is 10.1. The topological polar surface area (TPSA) is 91.0 Å². The molecule has 0 aliphatic heterocycles.